The van der Waals surface area contributed by atoms with Gasteiger partial charge in [0.2, 0.25) is 0 Å². The lowest BCUT2D eigenvalue weighted by Crippen LogP contribution is -2.38. The van der Waals surface area contributed by atoms with Crippen molar-refractivity contribution < 1.29 is 14.6 Å². The minimum absolute atomic E-state index is 0.0138. The maximum absolute atomic E-state index is 13.6. The Morgan fingerprint density at radius 2 is 1.71 bits per heavy atom. The Hall–Kier alpha value is -3.90. The summed E-state index contributed by atoms with van der Waals surface area (Å²) < 4.78 is 5.45. The summed E-state index contributed by atoms with van der Waals surface area (Å²) >= 11 is 0. The van der Waals surface area contributed by atoms with Crippen LogP contribution in [0.2, 0.25) is 0 Å². The van der Waals surface area contributed by atoms with Gasteiger partial charge in [-0.2, -0.15) is 0 Å². The summed E-state index contributed by atoms with van der Waals surface area (Å²) in [6.45, 7) is 5.73. The fourth-order valence-electron chi connectivity index (χ4n) is 4.45. The molecule has 1 saturated heterocycles. The topological polar surface area (TPSA) is 65.9 Å². The summed E-state index contributed by atoms with van der Waals surface area (Å²) in [7, 11) is 0. The first-order chi connectivity index (χ1) is 17.1. The fourth-order valence-corrected chi connectivity index (χ4v) is 4.45. The van der Waals surface area contributed by atoms with Crippen molar-refractivity contribution in [2.75, 3.05) is 37.7 Å². The highest BCUT2D eigenvalue weighted by atomic mass is 16.5. The largest absolute Gasteiger partial charge is 0.507 e. The number of hydrogen-bond donors (Lipinski definition) is 1. The molecule has 3 aromatic rings. The first kappa shape index (κ1) is 22.9. The molecule has 0 aliphatic carbocycles. The predicted molar refractivity (Wildman–Crippen MR) is 138 cm³/mol. The lowest BCUT2D eigenvalue weighted by molar-refractivity contribution is -0.127. The summed E-state index contributed by atoms with van der Waals surface area (Å²) in [6, 6.07) is 23.7. The molecule has 1 fully saturated rings. The van der Waals surface area contributed by atoms with Crippen molar-refractivity contribution in [1.82, 2.24) is 9.88 Å². The molecule has 6 heteroatoms. The minimum Gasteiger partial charge on any atom is -0.507 e. The third-order valence-electron chi connectivity index (χ3n) is 6.41. The van der Waals surface area contributed by atoms with Gasteiger partial charge in [-0.3, -0.25) is 4.79 Å². The number of ether oxygens (including phenoxy) is 1. The van der Waals surface area contributed by atoms with Crippen LogP contribution in [0.5, 0.6) is 0 Å². The molecule has 3 heterocycles. The van der Waals surface area contributed by atoms with E-state index in [-0.39, 0.29) is 17.2 Å². The molecule has 0 unspecified atom stereocenters. The number of aliphatic hydroxyl groups excluding tert-OH is 1. The maximum atomic E-state index is 13.6. The van der Waals surface area contributed by atoms with Crippen molar-refractivity contribution in [3.8, 4) is 0 Å². The molecule has 0 spiro atoms. The quantitative estimate of drug-likeness (QED) is 0.555. The number of aromatic nitrogens is 1. The number of morpholine rings is 1. The van der Waals surface area contributed by atoms with Gasteiger partial charge in [0, 0.05) is 25.2 Å². The standard InChI is InChI=1S/C29H29N3O3/c1-21-10-12-22(13-11-21)19-32-20-26(23-6-3-2-4-7-23)28(33)25(29(32)34)18-24-8-5-9-27(30-24)31-14-16-35-17-15-31/h2-13,18,33H,14-17,19-20H2,1H3. The molecular weight excluding hydrogens is 438 g/mol. The van der Waals surface area contributed by atoms with E-state index in [4.69, 9.17) is 9.72 Å². The highest BCUT2D eigenvalue weighted by Crippen LogP contribution is 2.31. The monoisotopic (exact) mass is 467 g/mol. The van der Waals surface area contributed by atoms with E-state index in [1.807, 2.05) is 79.7 Å². The minimum atomic E-state index is -0.207. The normalized spacial score (nSPS) is 17.9. The zero-order valence-electron chi connectivity index (χ0n) is 19.9. The number of pyridine rings is 1. The van der Waals surface area contributed by atoms with Gasteiger partial charge in [0.05, 0.1) is 31.0 Å². The number of carbonyl (C=O) groups is 1. The molecule has 0 atom stereocenters. The van der Waals surface area contributed by atoms with Gasteiger partial charge >= 0.3 is 0 Å². The molecule has 1 aromatic heterocycles. The van der Waals surface area contributed by atoms with Crippen LogP contribution in [0.4, 0.5) is 5.82 Å². The summed E-state index contributed by atoms with van der Waals surface area (Å²) in [5.74, 6) is 0.649. The predicted octanol–water partition coefficient (Wildman–Crippen LogP) is 4.62. The molecule has 0 saturated carbocycles. The van der Waals surface area contributed by atoms with E-state index in [2.05, 4.69) is 4.90 Å². The summed E-state index contributed by atoms with van der Waals surface area (Å²) in [4.78, 5) is 22.3. The van der Waals surface area contributed by atoms with Gasteiger partial charge in [-0.15, -0.1) is 0 Å². The van der Waals surface area contributed by atoms with Crippen LogP contribution >= 0.6 is 0 Å². The van der Waals surface area contributed by atoms with Crippen molar-refractivity contribution >= 4 is 23.4 Å². The Balaban J connectivity index is 1.52. The molecule has 2 aliphatic rings. The zero-order chi connectivity index (χ0) is 24.2. The number of aryl methyl sites for hydroxylation is 1. The molecule has 178 valence electrons. The number of benzene rings is 2. The maximum Gasteiger partial charge on any atom is 0.258 e. The summed E-state index contributed by atoms with van der Waals surface area (Å²) in [5, 5.41) is 11.3. The first-order valence-electron chi connectivity index (χ1n) is 11.9. The molecular formula is C29H29N3O3. The molecule has 0 radical (unpaired) electrons. The zero-order valence-corrected chi connectivity index (χ0v) is 19.9. The molecule has 1 N–H and O–H groups in total. The number of anilines is 1. The highest BCUT2D eigenvalue weighted by molar-refractivity contribution is 6.06. The van der Waals surface area contributed by atoms with E-state index in [0.29, 0.717) is 32.0 Å². The third-order valence-corrected chi connectivity index (χ3v) is 6.41. The molecule has 5 rings (SSSR count). The van der Waals surface area contributed by atoms with E-state index in [9.17, 15) is 9.90 Å². The van der Waals surface area contributed by atoms with Crippen LogP contribution in [0, 0.1) is 6.92 Å². The second-order valence-corrected chi connectivity index (χ2v) is 8.92. The first-order valence-corrected chi connectivity index (χ1v) is 11.9. The summed E-state index contributed by atoms with van der Waals surface area (Å²) in [5.41, 5.74) is 4.74. The van der Waals surface area contributed by atoms with Crippen LogP contribution in [0.15, 0.2) is 84.1 Å². The van der Waals surface area contributed by atoms with Gasteiger partial charge in [0.1, 0.15) is 11.6 Å². The van der Waals surface area contributed by atoms with E-state index in [1.165, 1.54) is 5.56 Å². The molecule has 35 heavy (non-hydrogen) atoms. The van der Waals surface area contributed by atoms with Crippen LogP contribution in [0.1, 0.15) is 22.4 Å². The van der Waals surface area contributed by atoms with Crippen molar-refractivity contribution in [1.29, 1.82) is 0 Å². The van der Waals surface area contributed by atoms with Gasteiger partial charge in [0.15, 0.2) is 0 Å². The Kier molecular flexibility index (Phi) is 6.64. The van der Waals surface area contributed by atoms with Gasteiger partial charge in [-0.05, 0) is 36.3 Å². The highest BCUT2D eigenvalue weighted by Gasteiger charge is 2.31. The van der Waals surface area contributed by atoms with E-state index in [1.54, 1.807) is 11.0 Å². The van der Waals surface area contributed by atoms with Crippen LogP contribution < -0.4 is 4.90 Å². The van der Waals surface area contributed by atoms with Crippen molar-refractivity contribution in [3.05, 3.63) is 107 Å². The van der Waals surface area contributed by atoms with Gasteiger partial charge in [-0.25, -0.2) is 4.98 Å². The van der Waals surface area contributed by atoms with Crippen LogP contribution in [-0.4, -0.2) is 53.7 Å². The van der Waals surface area contributed by atoms with Crippen LogP contribution in [-0.2, 0) is 16.1 Å². The van der Waals surface area contributed by atoms with Crippen molar-refractivity contribution in [2.45, 2.75) is 13.5 Å². The van der Waals surface area contributed by atoms with E-state index < -0.39 is 0 Å². The van der Waals surface area contributed by atoms with E-state index in [0.717, 1.165) is 35.6 Å². The number of hydrogen-bond acceptors (Lipinski definition) is 5. The Morgan fingerprint density at radius 3 is 2.46 bits per heavy atom. The smallest absolute Gasteiger partial charge is 0.258 e. The number of nitrogens with zero attached hydrogens (tertiary/aromatic N) is 3. The van der Waals surface area contributed by atoms with Crippen LogP contribution in [0.3, 0.4) is 0 Å². The second kappa shape index (κ2) is 10.2. The van der Waals surface area contributed by atoms with Gasteiger partial charge < -0.3 is 19.6 Å². The number of aliphatic hydroxyl groups is 1. The SMILES string of the molecule is Cc1ccc(CN2CC(c3ccccc3)=C(O)C(=Cc3cccc(N4CCOCC4)n3)C2=O)cc1. The average Bonchev–Trinajstić information content (AvgIpc) is 2.90. The van der Waals surface area contributed by atoms with Crippen LogP contribution in [0.25, 0.3) is 11.6 Å². The molecule has 2 aromatic carbocycles. The molecule has 1 amide bonds. The van der Waals surface area contributed by atoms with Gasteiger partial charge in [-0.1, -0.05) is 66.2 Å². The molecule has 6 nitrogen and oxygen atoms in total. The Labute approximate surface area is 205 Å². The molecule has 0 bridgehead atoms. The Bertz CT molecular complexity index is 1260. The van der Waals surface area contributed by atoms with Crippen molar-refractivity contribution in [2.24, 2.45) is 0 Å². The fraction of sp³-hybridized carbons (Fsp3) is 0.241. The number of carbonyl (C=O) groups excluding carboxylic acids is 1. The van der Waals surface area contributed by atoms with E-state index >= 15 is 0 Å². The summed E-state index contributed by atoms with van der Waals surface area (Å²) in [6.07, 6.45) is 1.70. The second-order valence-electron chi connectivity index (χ2n) is 8.92. The number of rotatable bonds is 5. The Morgan fingerprint density at radius 1 is 0.971 bits per heavy atom. The number of amides is 1. The lowest BCUT2D eigenvalue weighted by Gasteiger charge is -2.31. The lowest BCUT2D eigenvalue weighted by atomic mass is 9.94. The van der Waals surface area contributed by atoms with Gasteiger partial charge in [0.25, 0.3) is 5.91 Å². The van der Waals surface area contributed by atoms with Crippen molar-refractivity contribution in [3.63, 3.8) is 0 Å². The average molecular weight is 468 g/mol. The third kappa shape index (κ3) is 5.12. The molecule has 2 aliphatic heterocycles.